The second-order valence-electron chi connectivity index (χ2n) is 6.60. The average molecular weight is 358 g/mol. The van der Waals surface area contributed by atoms with Gasteiger partial charge in [-0.1, -0.05) is 30.3 Å². The molecule has 1 aromatic carbocycles. The van der Waals surface area contributed by atoms with E-state index in [4.69, 9.17) is 9.26 Å². The molecule has 2 aromatic rings. The van der Waals surface area contributed by atoms with Crippen LogP contribution in [0.3, 0.4) is 0 Å². The van der Waals surface area contributed by atoms with Crippen LogP contribution in [0.25, 0.3) is 0 Å². The van der Waals surface area contributed by atoms with E-state index in [1.165, 1.54) is 5.56 Å². The summed E-state index contributed by atoms with van der Waals surface area (Å²) in [5.74, 6) is 2.94. The second-order valence-corrected chi connectivity index (χ2v) is 6.60. The molecule has 6 heteroatoms. The Kier molecular flexibility index (Phi) is 7.06. The van der Waals surface area contributed by atoms with Gasteiger partial charge in [-0.2, -0.15) is 0 Å². The van der Waals surface area contributed by atoms with Gasteiger partial charge in [-0.3, -0.25) is 4.99 Å². The van der Waals surface area contributed by atoms with Gasteiger partial charge in [0.25, 0.3) is 0 Å². The van der Waals surface area contributed by atoms with Crippen molar-refractivity contribution in [2.24, 2.45) is 4.99 Å². The Morgan fingerprint density at radius 2 is 2.04 bits per heavy atom. The Morgan fingerprint density at radius 1 is 1.31 bits per heavy atom. The number of aliphatic imine (C=N–C) groups is 1. The van der Waals surface area contributed by atoms with Gasteiger partial charge in [-0.25, -0.2) is 0 Å². The normalized spacial score (nSPS) is 12.8. The van der Waals surface area contributed by atoms with Crippen molar-refractivity contribution in [1.82, 2.24) is 15.4 Å². The third-order valence-electron chi connectivity index (χ3n) is 4.50. The van der Waals surface area contributed by atoms with E-state index in [0.29, 0.717) is 6.61 Å². The summed E-state index contributed by atoms with van der Waals surface area (Å²) in [7, 11) is 3.80. The van der Waals surface area contributed by atoms with E-state index in [0.717, 1.165) is 41.8 Å². The molecule has 1 atom stereocenters. The van der Waals surface area contributed by atoms with Crippen molar-refractivity contribution in [3.8, 4) is 5.75 Å². The third-order valence-corrected chi connectivity index (χ3v) is 4.50. The predicted octanol–water partition coefficient (Wildman–Crippen LogP) is 3.29. The fraction of sp³-hybridized carbons (Fsp3) is 0.500. The fourth-order valence-electron chi connectivity index (χ4n) is 3.04. The lowest BCUT2D eigenvalue weighted by atomic mass is 10.00. The zero-order chi connectivity index (χ0) is 19.1. The third kappa shape index (κ3) is 5.00. The first-order valence-electron chi connectivity index (χ1n) is 8.97. The van der Waals surface area contributed by atoms with E-state index >= 15 is 0 Å². The number of para-hydroxylation sites is 1. The zero-order valence-corrected chi connectivity index (χ0v) is 16.7. The smallest absolute Gasteiger partial charge is 0.193 e. The number of ether oxygens (including phenoxy) is 1. The zero-order valence-electron chi connectivity index (χ0n) is 16.7. The summed E-state index contributed by atoms with van der Waals surface area (Å²) in [4.78, 5) is 6.43. The predicted molar refractivity (Wildman–Crippen MR) is 105 cm³/mol. The lowest BCUT2D eigenvalue weighted by molar-refractivity contribution is 0.280. The van der Waals surface area contributed by atoms with Gasteiger partial charge in [0.1, 0.15) is 18.1 Å². The van der Waals surface area contributed by atoms with E-state index in [1.807, 2.05) is 39.1 Å². The highest BCUT2D eigenvalue weighted by molar-refractivity contribution is 5.79. The summed E-state index contributed by atoms with van der Waals surface area (Å²) < 4.78 is 11.1. The summed E-state index contributed by atoms with van der Waals surface area (Å²) in [6, 6.07) is 8.05. The standard InChI is InChI=1S/C20H30N4O2/c1-14-9-7-8-10-18(14)25-12-11-24(6)20(21-5)22-13-15(2)19-16(3)23-26-17(19)4/h7-10,15H,11-13H2,1-6H3,(H,21,22). The van der Waals surface area contributed by atoms with Crippen LogP contribution in [0.5, 0.6) is 5.75 Å². The molecule has 2 rings (SSSR count). The molecule has 1 N–H and O–H groups in total. The van der Waals surface area contributed by atoms with E-state index in [-0.39, 0.29) is 5.92 Å². The molecule has 1 aromatic heterocycles. The van der Waals surface area contributed by atoms with E-state index in [1.54, 1.807) is 7.05 Å². The Labute approximate surface area is 156 Å². The number of hydrogen-bond donors (Lipinski definition) is 1. The Hall–Kier alpha value is -2.50. The minimum atomic E-state index is 0.287. The van der Waals surface area contributed by atoms with Crippen LogP contribution in [0.4, 0.5) is 0 Å². The lowest BCUT2D eigenvalue weighted by Crippen LogP contribution is -2.42. The molecule has 0 amide bonds. The van der Waals surface area contributed by atoms with Crippen LogP contribution in [0.2, 0.25) is 0 Å². The van der Waals surface area contributed by atoms with Crippen LogP contribution in [0.1, 0.15) is 35.4 Å². The van der Waals surface area contributed by atoms with E-state index < -0.39 is 0 Å². The number of likely N-dealkylation sites (N-methyl/N-ethyl adjacent to an activating group) is 1. The molecule has 0 saturated carbocycles. The van der Waals surface area contributed by atoms with Crippen LogP contribution >= 0.6 is 0 Å². The molecule has 0 bridgehead atoms. The molecule has 1 unspecified atom stereocenters. The van der Waals surface area contributed by atoms with Gasteiger partial charge in [0.2, 0.25) is 0 Å². The van der Waals surface area contributed by atoms with Gasteiger partial charge in [-0.15, -0.1) is 0 Å². The van der Waals surface area contributed by atoms with Crippen molar-refractivity contribution in [1.29, 1.82) is 0 Å². The van der Waals surface area contributed by atoms with Gasteiger partial charge in [0.05, 0.1) is 12.2 Å². The highest BCUT2D eigenvalue weighted by Crippen LogP contribution is 2.22. The molecule has 0 spiro atoms. The average Bonchev–Trinajstić information content (AvgIpc) is 2.95. The number of hydrogen-bond acceptors (Lipinski definition) is 4. The van der Waals surface area contributed by atoms with Crippen molar-refractivity contribution in [3.63, 3.8) is 0 Å². The van der Waals surface area contributed by atoms with Crippen molar-refractivity contribution in [2.75, 3.05) is 33.8 Å². The Balaban J connectivity index is 1.83. The van der Waals surface area contributed by atoms with Gasteiger partial charge in [0, 0.05) is 32.1 Å². The minimum Gasteiger partial charge on any atom is -0.491 e. The van der Waals surface area contributed by atoms with Crippen LogP contribution in [-0.2, 0) is 0 Å². The highest BCUT2D eigenvalue weighted by Gasteiger charge is 2.17. The largest absolute Gasteiger partial charge is 0.491 e. The van der Waals surface area contributed by atoms with Crippen molar-refractivity contribution >= 4 is 5.96 Å². The molecule has 0 aliphatic heterocycles. The molecule has 6 nitrogen and oxygen atoms in total. The number of aryl methyl sites for hydroxylation is 3. The SMILES string of the molecule is CN=C(NCC(C)c1c(C)noc1C)N(C)CCOc1ccccc1C. The number of benzene rings is 1. The summed E-state index contributed by atoms with van der Waals surface area (Å²) in [5.41, 5.74) is 3.26. The molecular weight excluding hydrogens is 328 g/mol. The summed E-state index contributed by atoms with van der Waals surface area (Å²) in [6.45, 7) is 10.2. The van der Waals surface area contributed by atoms with Crippen molar-refractivity contribution in [2.45, 2.75) is 33.6 Å². The molecule has 0 saturated heterocycles. The Morgan fingerprint density at radius 3 is 2.65 bits per heavy atom. The highest BCUT2D eigenvalue weighted by atomic mass is 16.5. The lowest BCUT2D eigenvalue weighted by Gasteiger charge is -2.23. The molecule has 142 valence electrons. The number of rotatable bonds is 7. The van der Waals surface area contributed by atoms with Gasteiger partial charge >= 0.3 is 0 Å². The number of nitrogens with one attached hydrogen (secondary N) is 1. The molecule has 0 aliphatic carbocycles. The van der Waals surface area contributed by atoms with E-state index in [2.05, 4.69) is 40.3 Å². The van der Waals surface area contributed by atoms with Crippen molar-refractivity contribution < 1.29 is 9.26 Å². The number of guanidine groups is 1. The molecule has 0 aliphatic rings. The maximum atomic E-state index is 5.87. The van der Waals surface area contributed by atoms with Crippen LogP contribution < -0.4 is 10.1 Å². The molecular formula is C20H30N4O2. The molecule has 0 fully saturated rings. The molecule has 1 heterocycles. The topological polar surface area (TPSA) is 62.9 Å². The first-order valence-corrected chi connectivity index (χ1v) is 8.97. The molecule has 26 heavy (non-hydrogen) atoms. The van der Waals surface area contributed by atoms with Crippen molar-refractivity contribution in [3.05, 3.63) is 46.8 Å². The first-order chi connectivity index (χ1) is 12.4. The Bertz CT molecular complexity index is 720. The van der Waals surface area contributed by atoms with Crippen LogP contribution in [0, 0.1) is 20.8 Å². The quantitative estimate of drug-likeness (QED) is 0.608. The maximum absolute atomic E-state index is 5.87. The van der Waals surface area contributed by atoms with Crippen LogP contribution in [-0.4, -0.2) is 49.8 Å². The van der Waals surface area contributed by atoms with Gasteiger partial charge < -0.3 is 19.5 Å². The van der Waals surface area contributed by atoms with Gasteiger partial charge in [-0.05, 0) is 32.4 Å². The summed E-state index contributed by atoms with van der Waals surface area (Å²) >= 11 is 0. The second kappa shape index (κ2) is 9.27. The first kappa shape index (κ1) is 19.8. The summed E-state index contributed by atoms with van der Waals surface area (Å²) in [6.07, 6.45) is 0. The fourth-order valence-corrected chi connectivity index (χ4v) is 3.04. The number of aromatic nitrogens is 1. The van der Waals surface area contributed by atoms with E-state index in [9.17, 15) is 0 Å². The summed E-state index contributed by atoms with van der Waals surface area (Å²) in [5, 5.41) is 7.46. The monoisotopic (exact) mass is 358 g/mol. The molecule has 0 radical (unpaired) electrons. The van der Waals surface area contributed by atoms with Crippen LogP contribution in [0.15, 0.2) is 33.8 Å². The number of nitrogens with zero attached hydrogens (tertiary/aromatic N) is 3. The minimum absolute atomic E-state index is 0.287. The maximum Gasteiger partial charge on any atom is 0.193 e. The van der Waals surface area contributed by atoms with Gasteiger partial charge in [0.15, 0.2) is 5.96 Å².